The van der Waals surface area contributed by atoms with Crippen LogP contribution in [0.25, 0.3) is 22.2 Å². The lowest BCUT2D eigenvalue weighted by Gasteiger charge is -2.25. The second-order valence-electron chi connectivity index (χ2n) is 12.3. The number of phenols is 1. The molecule has 3 aromatic carbocycles. The number of fused-ring (bicyclic) bond motifs is 5. The van der Waals surface area contributed by atoms with Crippen LogP contribution in [-0.4, -0.2) is 33.5 Å². The van der Waals surface area contributed by atoms with Crippen molar-refractivity contribution in [1.82, 2.24) is 9.88 Å². The zero-order valence-corrected chi connectivity index (χ0v) is 24.6. The Kier molecular flexibility index (Phi) is 7.80. The van der Waals surface area contributed by atoms with Crippen LogP contribution in [0.15, 0.2) is 66.7 Å². The van der Waals surface area contributed by atoms with E-state index in [0.717, 1.165) is 28.8 Å². The standard InChI is InChI=1S/C36H40N2O4/c1-36(2,32(40)14-8-9-24-15-18-27(39)19-16-24)37-35(41)26-17-20-28-30(23-26)38-21-22-42-31-13-7-6-12-29(31)34(38)33(28)25-10-4-3-5-11-25/h6-7,12-13,15-20,23,25,39H,3-5,8-11,14,21-22H2,1-2H3,(H,37,41). The van der Waals surface area contributed by atoms with Crippen molar-refractivity contribution < 1.29 is 19.4 Å². The van der Waals surface area contributed by atoms with E-state index in [2.05, 4.69) is 34.1 Å². The van der Waals surface area contributed by atoms with Gasteiger partial charge in [-0.1, -0.05) is 49.6 Å². The molecule has 0 radical (unpaired) electrons. The minimum absolute atomic E-state index is 0.000555. The van der Waals surface area contributed by atoms with Crippen LogP contribution in [0, 0.1) is 0 Å². The largest absolute Gasteiger partial charge is 0.508 e. The summed E-state index contributed by atoms with van der Waals surface area (Å²) in [6.07, 6.45) is 7.92. The van der Waals surface area contributed by atoms with Crippen molar-refractivity contribution in [3.05, 3.63) is 83.4 Å². The fraction of sp³-hybridized carbons (Fsp3) is 0.389. The summed E-state index contributed by atoms with van der Waals surface area (Å²) in [5.74, 6) is 1.40. The number of carbonyl (C=O) groups is 2. The van der Waals surface area contributed by atoms with E-state index in [-0.39, 0.29) is 17.4 Å². The highest BCUT2D eigenvalue weighted by molar-refractivity contribution is 6.03. The molecule has 1 saturated carbocycles. The van der Waals surface area contributed by atoms with E-state index in [1.165, 1.54) is 48.7 Å². The number of carbonyl (C=O) groups excluding carboxylic acids is 2. The monoisotopic (exact) mass is 564 g/mol. The summed E-state index contributed by atoms with van der Waals surface area (Å²) in [4.78, 5) is 26.7. The van der Waals surface area contributed by atoms with Gasteiger partial charge in [0.1, 0.15) is 18.1 Å². The number of ether oxygens (including phenoxy) is 1. The molecule has 0 spiro atoms. The molecule has 1 fully saturated rings. The van der Waals surface area contributed by atoms with Crippen LogP contribution in [0.2, 0.25) is 0 Å². The number of aryl methyl sites for hydroxylation is 1. The van der Waals surface area contributed by atoms with Gasteiger partial charge in [0.2, 0.25) is 0 Å². The molecule has 4 aromatic rings. The maximum absolute atomic E-state index is 13.6. The first-order chi connectivity index (χ1) is 20.3. The van der Waals surface area contributed by atoms with Crippen molar-refractivity contribution in [1.29, 1.82) is 0 Å². The third kappa shape index (κ3) is 5.55. The van der Waals surface area contributed by atoms with Crippen molar-refractivity contribution in [2.75, 3.05) is 6.61 Å². The molecule has 0 unspecified atom stereocenters. The fourth-order valence-corrected chi connectivity index (χ4v) is 6.73. The second kappa shape index (κ2) is 11.7. The Morgan fingerprint density at radius 2 is 1.76 bits per heavy atom. The number of nitrogens with zero attached hydrogens (tertiary/aromatic N) is 1. The molecule has 1 amide bonds. The predicted molar refractivity (Wildman–Crippen MR) is 166 cm³/mol. The van der Waals surface area contributed by atoms with Gasteiger partial charge in [0.15, 0.2) is 5.78 Å². The van der Waals surface area contributed by atoms with Gasteiger partial charge in [-0.05, 0) is 93.0 Å². The molecule has 2 N–H and O–H groups in total. The SMILES string of the molecule is CC(C)(NC(=O)c1ccc2c(C3CCCCC3)c3n(c2c1)CCOc1ccccc1-3)C(=O)CCCc1ccc(O)cc1. The number of aromatic hydroxyl groups is 1. The van der Waals surface area contributed by atoms with E-state index >= 15 is 0 Å². The molecule has 1 aromatic heterocycles. The third-order valence-electron chi connectivity index (χ3n) is 9.02. The van der Waals surface area contributed by atoms with Crippen molar-refractivity contribution in [3.63, 3.8) is 0 Å². The Hall–Kier alpha value is -4.06. The number of rotatable bonds is 8. The summed E-state index contributed by atoms with van der Waals surface area (Å²) in [6.45, 7) is 4.85. The quantitative estimate of drug-likeness (QED) is 0.232. The average molecular weight is 565 g/mol. The molecule has 1 aliphatic carbocycles. The van der Waals surface area contributed by atoms with Gasteiger partial charge in [-0.3, -0.25) is 9.59 Å². The van der Waals surface area contributed by atoms with E-state index in [0.29, 0.717) is 37.5 Å². The lowest BCUT2D eigenvalue weighted by atomic mass is 9.81. The normalized spacial score (nSPS) is 15.4. The number of phenolic OH excluding ortho intramolecular Hbond substituents is 1. The van der Waals surface area contributed by atoms with Crippen molar-refractivity contribution in [2.24, 2.45) is 0 Å². The molecule has 6 rings (SSSR count). The van der Waals surface area contributed by atoms with Crippen molar-refractivity contribution >= 4 is 22.6 Å². The van der Waals surface area contributed by atoms with Crippen molar-refractivity contribution in [2.45, 2.75) is 83.2 Å². The van der Waals surface area contributed by atoms with Crippen molar-refractivity contribution in [3.8, 4) is 22.8 Å². The molecule has 2 heterocycles. The molecule has 6 nitrogen and oxygen atoms in total. The highest BCUT2D eigenvalue weighted by atomic mass is 16.5. The number of hydrogen-bond donors (Lipinski definition) is 2. The molecular formula is C36H40N2O4. The minimum Gasteiger partial charge on any atom is -0.508 e. The number of nitrogens with one attached hydrogen (secondary N) is 1. The molecule has 218 valence electrons. The lowest BCUT2D eigenvalue weighted by Crippen LogP contribution is -2.49. The molecule has 0 bridgehead atoms. The lowest BCUT2D eigenvalue weighted by molar-refractivity contribution is -0.124. The van der Waals surface area contributed by atoms with Crippen LogP contribution in [-0.2, 0) is 17.8 Å². The number of amides is 1. The fourth-order valence-electron chi connectivity index (χ4n) is 6.73. The topological polar surface area (TPSA) is 80.6 Å². The number of aromatic nitrogens is 1. The predicted octanol–water partition coefficient (Wildman–Crippen LogP) is 7.55. The number of ketones is 1. The first-order valence-electron chi connectivity index (χ1n) is 15.3. The zero-order chi connectivity index (χ0) is 29.3. The molecule has 6 heteroatoms. The van der Waals surface area contributed by atoms with Gasteiger partial charge in [-0.25, -0.2) is 0 Å². The molecular weight excluding hydrogens is 524 g/mol. The molecule has 0 saturated heterocycles. The number of para-hydroxylation sites is 1. The Morgan fingerprint density at radius 1 is 1.00 bits per heavy atom. The van der Waals surface area contributed by atoms with E-state index in [4.69, 9.17) is 4.74 Å². The Morgan fingerprint density at radius 3 is 2.55 bits per heavy atom. The Bertz CT molecular complexity index is 1610. The van der Waals surface area contributed by atoms with Crippen LogP contribution in [0.1, 0.15) is 86.2 Å². The molecule has 0 atom stereocenters. The first kappa shape index (κ1) is 28.1. The number of benzene rings is 3. The van der Waals surface area contributed by atoms with Crippen LogP contribution in [0.5, 0.6) is 11.5 Å². The van der Waals surface area contributed by atoms with E-state index in [1.807, 2.05) is 30.3 Å². The summed E-state index contributed by atoms with van der Waals surface area (Å²) in [5, 5.41) is 13.7. The Balaban J connectivity index is 1.26. The highest BCUT2D eigenvalue weighted by Crippen LogP contribution is 2.47. The molecule has 1 aliphatic heterocycles. The summed E-state index contributed by atoms with van der Waals surface area (Å²) < 4.78 is 8.52. The maximum Gasteiger partial charge on any atom is 0.252 e. The van der Waals surface area contributed by atoms with Gasteiger partial charge in [-0.2, -0.15) is 0 Å². The smallest absolute Gasteiger partial charge is 0.252 e. The average Bonchev–Trinajstić information content (AvgIpc) is 3.19. The minimum atomic E-state index is -0.989. The van der Waals surface area contributed by atoms with Gasteiger partial charge in [0, 0.05) is 28.5 Å². The Labute approximate surface area is 247 Å². The van der Waals surface area contributed by atoms with Crippen LogP contribution in [0.4, 0.5) is 0 Å². The summed E-state index contributed by atoms with van der Waals surface area (Å²) >= 11 is 0. The zero-order valence-electron chi connectivity index (χ0n) is 24.6. The van der Waals surface area contributed by atoms with E-state index in [9.17, 15) is 14.7 Å². The number of Topliss-reactive ketones (excluding diaryl/α,β-unsaturated/α-hetero) is 1. The first-order valence-corrected chi connectivity index (χ1v) is 15.3. The van der Waals surface area contributed by atoms with Crippen LogP contribution in [0.3, 0.4) is 0 Å². The third-order valence-corrected chi connectivity index (χ3v) is 9.02. The number of hydrogen-bond acceptors (Lipinski definition) is 4. The van der Waals surface area contributed by atoms with Crippen LogP contribution < -0.4 is 10.1 Å². The van der Waals surface area contributed by atoms with Gasteiger partial charge in [0.25, 0.3) is 5.91 Å². The highest BCUT2D eigenvalue weighted by Gasteiger charge is 2.31. The van der Waals surface area contributed by atoms with Gasteiger partial charge in [-0.15, -0.1) is 0 Å². The van der Waals surface area contributed by atoms with Gasteiger partial charge in [0.05, 0.1) is 17.8 Å². The van der Waals surface area contributed by atoms with Crippen LogP contribution >= 0.6 is 0 Å². The maximum atomic E-state index is 13.6. The summed E-state index contributed by atoms with van der Waals surface area (Å²) in [6, 6.07) is 21.4. The van der Waals surface area contributed by atoms with Gasteiger partial charge >= 0.3 is 0 Å². The summed E-state index contributed by atoms with van der Waals surface area (Å²) in [7, 11) is 0. The van der Waals surface area contributed by atoms with Gasteiger partial charge < -0.3 is 19.7 Å². The van der Waals surface area contributed by atoms with E-state index < -0.39 is 5.54 Å². The second-order valence-corrected chi connectivity index (χ2v) is 12.3. The summed E-state index contributed by atoms with van der Waals surface area (Å²) in [5.41, 5.74) is 5.43. The van der Waals surface area contributed by atoms with E-state index in [1.54, 1.807) is 26.0 Å². The molecule has 42 heavy (non-hydrogen) atoms. The molecule has 2 aliphatic rings.